The summed E-state index contributed by atoms with van der Waals surface area (Å²) in [5, 5.41) is 7.99. The first-order chi connectivity index (χ1) is 8.75. The number of nitrogens with zero attached hydrogens (tertiary/aromatic N) is 3. The van der Waals surface area contributed by atoms with Crippen molar-refractivity contribution in [3.05, 3.63) is 42.6 Å². The lowest BCUT2D eigenvalue weighted by Gasteiger charge is -2.08. The molecule has 0 amide bonds. The number of rotatable bonds is 5. The summed E-state index contributed by atoms with van der Waals surface area (Å²) in [5.74, 6) is 1.11. The Hall–Kier alpha value is -1.39. The van der Waals surface area contributed by atoms with E-state index in [4.69, 9.17) is 0 Å². The minimum Gasteiger partial charge on any atom is -0.309 e. The van der Waals surface area contributed by atoms with Crippen molar-refractivity contribution in [3.63, 3.8) is 0 Å². The molecule has 0 aliphatic rings. The monoisotopic (exact) mass is 259 g/mol. The maximum absolute atomic E-state index is 4.10. The van der Waals surface area contributed by atoms with Crippen LogP contribution in [0.15, 0.2) is 47.5 Å². The van der Waals surface area contributed by atoms with Crippen molar-refractivity contribution in [3.8, 4) is 11.3 Å². The molecule has 2 rings (SSSR count). The summed E-state index contributed by atoms with van der Waals surface area (Å²) in [6.07, 6.45) is 1.69. The fraction of sp³-hybridized carbons (Fsp3) is 0.286. The van der Waals surface area contributed by atoms with Gasteiger partial charge in [-0.2, -0.15) is 10.2 Å². The Morgan fingerprint density at radius 3 is 2.50 bits per heavy atom. The van der Waals surface area contributed by atoms with Crippen molar-refractivity contribution in [2.45, 2.75) is 4.90 Å². The third-order valence-corrected chi connectivity index (χ3v) is 3.52. The molecule has 0 bridgehead atoms. The lowest BCUT2D eigenvalue weighted by atomic mass is 10.1. The molecule has 94 valence electrons. The van der Waals surface area contributed by atoms with Crippen LogP contribution in [0.2, 0.25) is 0 Å². The largest absolute Gasteiger partial charge is 0.309 e. The van der Waals surface area contributed by atoms with Crippen molar-refractivity contribution < 1.29 is 0 Å². The van der Waals surface area contributed by atoms with Gasteiger partial charge in [-0.1, -0.05) is 12.1 Å². The normalized spacial score (nSPS) is 10.8. The smallest absolute Gasteiger partial charge is 0.0929 e. The lowest BCUT2D eigenvalue weighted by Crippen LogP contribution is -2.14. The summed E-state index contributed by atoms with van der Waals surface area (Å²) in [7, 11) is 4.19. The van der Waals surface area contributed by atoms with Gasteiger partial charge in [-0.25, -0.2) is 0 Å². The SMILES string of the molecule is CN(C)CCSc1ccc(-c2cccnn2)cc1. The third-order valence-electron chi connectivity index (χ3n) is 2.53. The molecule has 1 heterocycles. The van der Waals surface area contributed by atoms with Crippen LogP contribution in [0.3, 0.4) is 0 Å². The number of hydrogen-bond donors (Lipinski definition) is 0. The van der Waals surface area contributed by atoms with Crippen LogP contribution >= 0.6 is 11.8 Å². The molecular weight excluding hydrogens is 242 g/mol. The van der Waals surface area contributed by atoms with Crippen molar-refractivity contribution >= 4 is 11.8 Å². The van der Waals surface area contributed by atoms with Gasteiger partial charge in [-0.05, 0) is 38.4 Å². The van der Waals surface area contributed by atoms with Crippen LogP contribution in [0.4, 0.5) is 0 Å². The van der Waals surface area contributed by atoms with Crippen LogP contribution in [-0.2, 0) is 0 Å². The fourth-order valence-electron chi connectivity index (χ4n) is 1.52. The maximum atomic E-state index is 4.10. The first-order valence-electron chi connectivity index (χ1n) is 5.91. The predicted octanol–water partition coefficient (Wildman–Crippen LogP) is 2.80. The molecule has 0 saturated carbocycles. The van der Waals surface area contributed by atoms with Gasteiger partial charge in [0.15, 0.2) is 0 Å². The van der Waals surface area contributed by atoms with Gasteiger partial charge in [-0.3, -0.25) is 0 Å². The van der Waals surface area contributed by atoms with E-state index in [9.17, 15) is 0 Å². The van der Waals surface area contributed by atoms with Crippen LogP contribution in [0.1, 0.15) is 0 Å². The van der Waals surface area contributed by atoms with Crippen LogP contribution < -0.4 is 0 Å². The summed E-state index contributed by atoms with van der Waals surface area (Å²) in [4.78, 5) is 3.49. The van der Waals surface area contributed by atoms with E-state index >= 15 is 0 Å². The highest BCUT2D eigenvalue weighted by molar-refractivity contribution is 7.99. The van der Waals surface area contributed by atoms with Gasteiger partial charge in [0.2, 0.25) is 0 Å². The molecule has 18 heavy (non-hydrogen) atoms. The molecule has 0 unspecified atom stereocenters. The van der Waals surface area contributed by atoms with Crippen molar-refractivity contribution in [1.82, 2.24) is 15.1 Å². The Labute approximate surface area is 112 Å². The highest BCUT2D eigenvalue weighted by Crippen LogP contribution is 2.22. The molecule has 2 aromatic rings. The van der Waals surface area contributed by atoms with Crippen LogP contribution in [0, 0.1) is 0 Å². The topological polar surface area (TPSA) is 29.0 Å². The number of thioether (sulfide) groups is 1. The van der Waals surface area contributed by atoms with E-state index in [2.05, 4.69) is 53.5 Å². The highest BCUT2D eigenvalue weighted by atomic mass is 32.2. The average molecular weight is 259 g/mol. The zero-order chi connectivity index (χ0) is 12.8. The molecule has 0 saturated heterocycles. The maximum Gasteiger partial charge on any atom is 0.0929 e. The van der Waals surface area contributed by atoms with Gasteiger partial charge in [-0.15, -0.1) is 11.8 Å². The number of hydrogen-bond acceptors (Lipinski definition) is 4. The number of benzene rings is 1. The Bertz CT molecular complexity index is 468. The molecule has 0 aliphatic carbocycles. The number of aromatic nitrogens is 2. The zero-order valence-corrected chi connectivity index (χ0v) is 11.5. The van der Waals surface area contributed by atoms with Crippen LogP contribution in [0.25, 0.3) is 11.3 Å². The van der Waals surface area contributed by atoms with Gasteiger partial charge in [0.25, 0.3) is 0 Å². The van der Waals surface area contributed by atoms with Crippen molar-refractivity contribution in [2.24, 2.45) is 0 Å². The Balaban J connectivity index is 1.98. The van der Waals surface area contributed by atoms with Crippen molar-refractivity contribution in [2.75, 3.05) is 26.4 Å². The molecule has 4 heteroatoms. The lowest BCUT2D eigenvalue weighted by molar-refractivity contribution is 0.437. The summed E-state index contributed by atoms with van der Waals surface area (Å²) < 4.78 is 0. The van der Waals surface area contributed by atoms with E-state index < -0.39 is 0 Å². The van der Waals surface area contributed by atoms with E-state index in [-0.39, 0.29) is 0 Å². The summed E-state index contributed by atoms with van der Waals surface area (Å²) in [6, 6.07) is 12.4. The van der Waals surface area contributed by atoms with Gasteiger partial charge >= 0.3 is 0 Å². The average Bonchev–Trinajstić information content (AvgIpc) is 2.40. The third kappa shape index (κ3) is 3.82. The molecule has 0 fully saturated rings. The molecule has 0 spiro atoms. The van der Waals surface area contributed by atoms with Crippen molar-refractivity contribution in [1.29, 1.82) is 0 Å². The van der Waals surface area contributed by atoms with E-state index in [0.717, 1.165) is 23.6 Å². The van der Waals surface area contributed by atoms with Crippen LogP contribution in [0.5, 0.6) is 0 Å². The molecule has 3 nitrogen and oxygen atoms in total. The van der Waals surface area contributed by atoms with Gasteiger partial charge in [0, 0.05) is 29.0 Å². The minimum atomic E-state index is 0.919. The quantitative estimate of drug-likeness (QED) is 0.772. The first-order valence-corrected chi connectivity index (χ1v) is 6.90. The Morgan fingerprint density at radius 2 is 1.89 bits per heavy atom. The first kappa shape index (κ1) is 13.1. The molecule has 1 aromatic carbocycles. The Morgan fingerprint density at radius 1 is 1.11 bits per heavy atom. The molecule has 0 N–H and O–H groups in total. The van der Waals surface area contributed by atoms with Gasteiger partial charge < -0.3 is 4.90 Å². The second kappa shape index (κ2) is 6.52. The van der Waals surface area contributed by atoms with E-state index in [1.807, 2.05) is 23.9 Å². The Kier molecular flexibility index (Phi) is 4.73. The zero-order valence-electron chi connectivity index (χ0n) is 10.7. The second-order valence-electron chi connectivity index (χ2n) is 4.29. The summed E-state index contributed by atoms with van der Waals surface area (Å²) >= 11 is 1.87. The second-order valence-corrected chi connectivity index (χ2v) is 5.45. The summed E-state index contributed by atoms with van der Waals surface area (Å²) in [6.45, 7) is 1.09. The molecule has 0 radical (unpaired) electrons. The van der Waals surface area contributed by atoms with Gasteiger partial charge in [0.05, 0.1) is 5.69 Å². The molecule has 1 aromatic heterocycles. The molecular formula is C14H17N3S. The standard InChI is InChI=1S/C14H17N3S/c1-17(2)10-11-18-13-7-5-12(6-8-13)14-4-3-9-15-16-14/h3-9H,10-11H2,1-2H3. The van der Waals surface area contributed by atoms with Gasteiger partial charge in [0.1, 0.15) is 0 Å². The van der Waals surface area contributed by atoms with E-state index in [1.54, 1.807) is 6.20 Å². The summed E-state index contributed by atoms with van der Waals surface area (Å²) in [5.41, 5.74) is 2.03. The fourth-order valence-corrected chi connectivity index (χ4v) is 2.54. The highest BCUT2D eigenvalue weighted by Gasteiger charge is 2.00. The van der Waals surface area contributed by atoms with E-state index in [1.165, 1.54) is 4.90 Å². The molecule has 0 atom stereocenters. The van der Waals surface area contributed by atoms with E-state index in [0.29, 0.717) is 0 Å². The molecule has 0 aliphatic heterocycles. The minimum absolute atomic E-state index is 0.919. The van der Waals surface area contributed by atoms with Crippen LogP contribution in [-0.4, -0.2) is 41.5 Å². The predicted molar refractivity (Wildman–Crippen MR) is 76.7 cm³/mol.